The summed E-state index contributed by atoms with van der Waals surface area (Å²) in [4.78, 5) is 0. The van der Waals surface area contributed by atoms with Crippen molar-refractivity contribution in [3.63, 3.8) is 0 Å². The summed E-state index contributed by atoms with van der Waals surface area (Å²) in [5, 5.41) is 0. The molecule has 1 atom stereocenters. The molecule has 0 amide bonds. The first kappa shape index (κ1) is 11.2. The van der Waals surface area contributed by atoms with E-state index in [2.05, 4.69) is 32.1 Å². The summed E-state index contributed by atoms with van der Waals surface area (Å²) in [5.74, 6) is 0.962. The van der Waals surface area contributed by atoms with E-state index in [-0.39, 0.29) is 6.04 Å². The molecule has 0 spiro atoms. The summed E-state index contributed by atoms with van der Waals surface area (Å²) in [5.41, 5.74) is 11.1. The first-order valence-corrected chi connectivity index (χ1v) is 5.73. The predicted molar refractivity (Wildman–Crippen MR) is 67.7 cm³/mol. The number of aryl methyl sites for hydroxylation is 2. The van der Waals surface area contributed by atoms with Crippen LogP contribution in [0.1, 0.15) is 29.5 Å². The van der Waals surface area contributed by atoms with Gasteiger partial charge in [-0.15, -0.1) is 0 Å². The number of methoxy groups -OCH3 is 1. The van der Waals surface area contributed by atoms with Gasteiger partial charge in [-0.1, -0.05) is 6.08 Å². The van der Waals surface area contributed by atoms with Crippen LogP contribution in [0.15, 0.2) is 18.2 Å². The van der Waals surface area contributed by atoms with E-state index >= 15 is 0 Å². The van der Waals surface area contributed by atoms with Crippen molar-refractivity contribution < 1.29 is 4.74 Å². The molecular weight excluding hydrogens is 198 g/mol. The first-order chi connectivity index (χ1) is 7.61. The highest BCUT2D eigenvalue weighted by atomic mass is 16.5. The maximum absolute atomic E-state index is 5.91. The second-order valence-electron chi connectivity index (χ2n) is 4.53. The molecule has 1 aliphatic carbocycles. The molecule has 2 N–H and O–H groups in total. The molecule has 2 rings (SSSR count). The largest absolute Gasteiger partial charge is 0.496 e. The molecule has 0 bridgehead atoms. The molecule has 0 saturated heterocycles. The SMILES string of the molecule is COc1cc(C)c(C2=CC(N)CC2)cc1C. The monoisotopic (exact) mass is 217 g/mol. The van der Waals surface area contributed by atoms with Crippen molar-refractivity contribution in [1.29, 1.82) is 0 Å². The minimum atomic E-state index is 0.233. The second-order valence-corrected chi connectivity index (χ2v) is 4.53. The van der Waals surface area contributed by atoms with E-state index in [1.807, 2.05) is 0 Å². The van der Waals surface area contributed by atoms with Gasteiger partial charge in [0.15, 0.2) is 0 Å². The van der Waals surface area contributed by atoms with Gasteiger partial charge in [0.25, 0.3) is 0 Å². The predicted octanol–water partition coefficient (Wildman–Crippen LogP) is 2.82. The topological polar surface area (TPSA) is 35.2 Å². The van der Waals surface area contributed by atoms with E-state index in [1.165, 1.54) is 22.3 Å². The van der Waals surface area contributed by atoms with Gasteiger partial charge < -0.3 is 10.5 Å². The molecule has 0 saturated carbocycles. The van der Waals surface area contributed by atoms with Gasteiger partial charge in [0.1, 0.15) is 5.75 Å². The zero-order valence-electron chi connectivity index (χ0n) is 10.2. The van der Waals surface area contributed by atoms with Crippen LogP contribution in [0.3, 0.4) is 0 Å². The normalized spacial score (nSPS) is 19.8. The van der Waals surface area contributed by atoms with Crippen LogP contribution in [0.5, 0.6) is 5.75 Å². The van der Waals surface area contributed by atoms with Gasteiger partial charge in [-0.2, -0.15) is 0 Å². The summed E-state index contributed by atoms with van der Waals surface area (Å²) >= 11 is 0. The fourth-order valence-electron chi connectivity index (χ4n) is 2.33. The van der Waals surface area contributed by atoms with Crippen molar-refractivity contribution in [1.82, 2.24) is 0 Å². The molecule has 2 heteroatoms. The Morgan fingerprint density at radius 3 is 2.56 bits per heavy atom. The van der Waals surface area contributed by atoms with Crippen molar-refractivity contribution in [2.24, 2.45) is 5.73 Å². The van der Waals surface area contributed by atoms with Crippen LogP contribution in [-0.2, 0) is 0 Å². The maximum atomic E-state index is 5.91. The number of benzene rings is 1. The van der Waals surface area contributed by atoms with Crippen LogP contribution in [0.25, 0.3) is 5.57 Å². The first-order valence-electron chi connectivity index (χ1n) is 5.73. The van der Waals surface area contributed by atoms with E-state index < -0.39 is 0 Å². The molecule has 16 heavy (non-hydrogen) atoms. The fraction of sp³-hybridized carbons (Fsp3) is 0.429. The average Bonchev–Trinajstić information content (AvgIpc) is 2.67. The Morgan fingerprint density at radius 2 is 2.00 bits per heavy atom. The van der Waals surface area contributed by atoms with Crippen LogP contribution in [0, 0.1) is 13.8 Å². The Bertz CT molecular complexity index is 435. The summed E-state index contributed by atoms with van der Waals surface area (Å²) < 4.78 is 5.32. The Morgan fingerprint density at radius 1 is 1.25 bits per heavy atom. The lowest BCUT2D eigenvalue weighted by atomic mass is 9.97. The lowest BCUT2D eigenvalue weighted by molar-refractivity contribution is 0.411. The molecule has 1 aromatic carbocycles. The minimum Gasteiger partial charge on any atom is -0.496 e. The molecule has 0 aliphatic heterocycles. The van der Waals surface area contributed by atoms with Crippen molar-refractivity contribution in [2.45, 2.75) is 32.7 Å². The number of rotatable bonds is 2. The molecule has 2 nitrogen and oxygen atoms in total. The lowest BCUT2D eigenvalue weighted by Crippen LogP contribution is -2.11. The third-order valence-corrected chi connectivity index (χ3v) is 3.25. The third-order valence-electron chi connectivity index (χ3n) is 3.25. The van der Waals surface area contributed by atoms with Gasteiger partial charge in [-0.25, -0.2) is 0 Å². The van der Waals surface area contributed by atoms with Crippen LogP contribution >= 0.6 is 0 Å². The molecule has 1 aliphatic rings. The number of hydrogen-bond donors (Lipinski definition) is 1. The zero-order valence-corrected chi connectivity index (χ0v) is 10.2. The van der Waals surface area contributed by atoms with Crippen molar-refractivity contribution in [2.75, 3.05) is 7.11 Å². The number of ether oxygens (including phenoxy) is 1. The van der Waals surface area contributed by atoms with Crippen LogP contribution in [-0.4, -0.2) is 13.2 Å². The second kappa shape index (κ2) is 4.30. The Balaban J connectivity index is 2.42. The molecule has 86 valence electrons. The van der Waals surface area contributed by atoms with E-state index in [0.717, 1.165) is 18.6 Å². The summed E-state index contributed by atoms with van der Waals surface area (Å²) in [6, 6.07) is 4.55. The van der Waals surface area contributed by atoms with Crippen molar-refractivity contribution in [3.05, 3.63) is 34.9 Å². The smallest absolute Gasteiger partial charge is 0.122 e. The van der Waals surface area contributed by atoms with Crippen molar-refractivity contribution in [3.8, 4) is 5.75 Å². The molecule has 0 radical (unpaired) electrons. The number of nitrogens with two attached hydrogens (primary N) is 1. The van der Waals surface area contributed by atoms with Gasteiger partial charge in [-0.05, 0) is 61.1 Å². The molecule has 1 unspecified atom stereocenters. The summed E-state index contributed by atoms with van der Waals surface area (Å²) in [6.45, 7) is 4.21. The van der Waals surface area contributed by atoms with Crippen LogP contribution in [0.2, 0.25) is 0 Å². The zero-order chi connectivity index (χ0) is 11.7. The minimum absolute atomic E-state index is 0.233. The highest BCUT2D eigenvalue weighted by molar-refractivity contribution is 5.72. The van der Waals surface area contributed by atoms with Crippen LogP contribution < -0.4 is 10.5 Å². The fourth-order valence-corrected chi connectivity index (χ4v) is 2.33. The van der Waals surface area contributed by atoms with Crippen molar-refractivity contribution >= 4 is 5.57 Å². The van der Waals surface area contributed by atoms with E-state index in [0.29, 0.717) is 0 Å². The summed E-state index contributed by atoms with van der Waals surface area (Å²) in [7, 11) is 1.71. The van der Waals surface area contributed by atoms with Gasteiger partial charge in [0, 0.05) is 6.04 Å². The van der Waals surface area contributed by atoms with Crippen LogP contribution in [0.4, 0.5) is 0 Å². The van der Waals surface area contributed by atoms with E-state index in [1.54, 1.807) is 7.11 Å². The molecule has 1 aromatic rings. The van der Waals surface area contributed by atoms with E-state index in [4.69, 9.17) is 10.5 Å². The summed E-state index contributed by atoms with van der Waals surface area (Å²) in [6.07, 6.45) is 4.35. The van der Waals surface area contributed by atoms with Gasteiger partial charge in [0.2, 0.25) is 0 Å². The molecule has 0 fully saturated rings. The van der Waals surface area contributed by atoms with E-state index in [9.17, 15) is 0 Å². The quantitative estimate of drug-likeness (QED) is 0.826. The number of hydrogen-bond acceptors (Lipinski definition) is 2. The molecular formula is C14H19NO. The highest BCUT2D eigenvalue weighted by Crippen LogP contribution is 2.32. The molecule has 0 aromatic heterocycles. The Kier molecular flexibility index (Phi) is 3.01. The third kappa shape index (κ3) is 1.98. The average molecular weight is 217 g/mol. The van der Waals surface area contributed by atoms with Gasteiger partial charge in [0.05, 0.1) is 7.11 Å². The van der Waals surface area contributed by atoms with Gasteiger partial charge >= 0.3 is 0 Å². The van der Waals surface area contributed by atoms with Gasteiger partial charge in [-0.3, -0.25) is 0 Å². The highest BCUT2D eigenvalue weighted by Gasteiger charge is 2.16. The molecule has 0 heterocycles. The lowest BCUT2D eigenvalue weighted by Gasteiger charge is -2.12. The Hall–Kier alpha value is -1.28. The standard InChI is InChI=1S/C14H19NO/c1-9-7-14(16-3)10(2)6-13(9)11-4-5-12(15)8-11/h6-8,12H,4-5,15H2,1-3H3. The number of allylic oxidation sites excluding steroid dienone is 1. The Labute approximate surface area is 97.1 Å². The maximum Gasteiger partial charge on any atom is 0.122 e.